The molecule has 1 amide bonds. The number of amides is 1. The number of thiazole rings is 1. The van der Waals surface area contributed by atoms with Gasteiger partial charge in [-0.3, -0.25) is 10.1 Å². The number of hydrogen-bond acceptors (Lipinski definition) is 4. The summed E-state index contributed by atoms with van der Waals surface area (Å²) in [6.07, 6.45) is 2.01. The number of nitrogens with one attached hydrogen (secondary N) is 1. The predicted octanol–water partition coefficient (Wildman–Crippen LogP) is 3.73. The summed E-state index contributed by atoms with van der Waals surface area (Å²) in [7, 11) is 0. The topological polar surface area (TPSA) is 42.0 Å². The van der Waals surface area contributed by atoms with Crippen LogP contribution >= 0.6 is 23.1 Å². The van der Waals surface area contributed by atoms with Crippen LogP contribution in [0.15, 0.2) is 29.2 Å². The van der Waals surface area contributed by atoms with Crippen LogP contribution in [0.3, 0.4) is 0 Å². The lowest BCUT2D eigenvalue weighted by molar-refractivity contribution is 0.102. The highest BCUT2D eigenvalue weighted by Crippen LogP contribution is 2.22. The zero-order valence-electron chi connectivity index (χ0n) is 10.5. The Hall–Kier alpha value is -1.33. The van der Waals surface area contributed by atoms with Crippen LogP contribution in [0.4, 0.5) is 5.13 Å². The largest absolute Gasteiger partial charge is 0.298 e. The maximum Gasteiger partial charge on any atom is 0.257 e. The highest BCUT2D eigenvalue weighted by atomic mass is 32.2. The van der Waals surface area contributed by atoms with E-state index in [2.05, 4.69) is 10.3 Å². The van der Waals surface area contributed by atoms with Gasteiger partial charge in [-0.05, 0) is 44.4 Å². The molecule has 3 nitrogen and oxygen atoms in total. The molecule has 5 heteroatoms. The Balaban J connectivity index is 2.11. The fraction of sp³-hybridized carbons (Fsp3) is 0.231. The van der Waals surface area contributed by atoms with Gasteiger partial charge < -0.3 is 0 Å². The lowest BCUT2D eigenvalue weighted by Gasteiger charge is -2.02. The summed E-state index contributed by atoms with van der Waals surface area (Å²) in [5.74, 6) is -0.114. The van der Waals surface area contributed by atoms with Crippen LogP contribution in [0.1, 0.15) is 20.9 Å². The van der Waals surface area contributed by atoms with E-state index in [-0.39, 0.29) is 5.91 Å². The summed E-state index contributed by atoms with van der Waals surface area (Å²) in [5, 5.41) is 3.48. The van der Waals surface area contributed by atoms with E-state index in [4.69, 9.17) is 0 Å². The molecule has 1 heterocycles. The summed E-state index contributed by atoms with van der Waals surface area (Å²) in [5.41, 5.74) is 1.62. The van der Waals surface area contributed by atoms with Crippen molar-refractivity contribution < 1.29 is 4.79 Å². The Morgan fingerprint density at radius 1 is 1.28 bits per heavy atom. The molecule has 0 unspecified atom stereocenters. The van der Waals surface area contributed by atoms with Gasteiger partial charge in [0.05, 0.1) is 5.69 Å². The Morgan fingerprint density at radius 3 is 2.44 bits per heavy atom. The highest BCUT2D eigenvalue weighted by molar-refractivity contribution is 7.98. The van der Waals surface area contributed by atoms with Gasteiger partial charge in [0.25, 0.3) is 5.91 Å². The number of aromatic nitrogens is 1. The zero-order valence-corrected chi connectivity index (χ0v) is 12.1. The summed E-state index contributed by atoms with van der Waals surface area (Å²) in [6, 6.07) is 7.54. The molecule has 0 aliphatic heterocycles. The van der Waals surface area contributed by atoms with Gasteiger partial charge in [0.1, 0.15) is 0 Å². The molecule has 2 aromatic rings. The van der Waals surface area contributed by atoms with Crippen molar-refractivity contribution in [2.75, 3.05) is 11.6 Å². The standard InChI is InChI=1S/C13H14N2OS2/c1-8-9(2)18-13(14-8)15-12(16)10-4-6-11(17-3)7-5-10/h4-7H,1-3H3,(H,14,15,16). The fourth-order valence-electron chi connectivity index (χ4n) is 1.44. The molecule has 0 aliphatic rings. The van der Waals surface area contributed by atoms with E-state index >= 15 is 0 Å². The van der Waals surface area contributed by atoms with Crippen LogP contribution in [0.5, 0.6) is 0 Å². The number of anilines is 1. The van der Waals surface area contributed by atoms with Gasteiger partial charge in [0.15, 0.2) is 5.13 Å². The van der Waals surface area contributed by atoms with E-state index in [1.807, 2.05) is 44.4 Å². The van der Waals surface area contributed by atoms with Crippen molar-refractivity contribution in [2.45, 2.75) is 18.7 Å². The average Bonchev–Trinajstić information content (AvgIpc) is 2.68. The predicted molar refractivity (Wildman–Crippen MR) is 77.8 cm³/mol. The number of nitrogens with zero attached hydrogens (tertiary/aromatic N) is 1. The number of rotatable bonds is 3. The molecule has 0 radical (unpaired) electrons. The second-order valence-corrected chi connectivity index (χ2v) is 5.93. The molecule has 1 aromatic carbocycles. The van der Waals surface area contributed by atoms with Crippen molar-refractivity contribution in [2.24, 2.45) is 0 Å². The first kappa shape index (κ1) is 13.1. The fourth-order valence-corrected chi connectivity index (χ4v) is 2.66. The van der Waals surface area contributed by atoms with Crippen LogP contribution < -0.4 is 5.32 Å². The van der Waals surface area contributed by atoms with E-state index in [0.29, 0.717) is 10.7 Å². The van der Waals surface area contributed by atoms with Crippen LogP contribution in [0, 0.1) is 13.8 Å². The van der Waals surface area contributed by atoms with Crippen LogP contribution in [0.2, 0.25) is 0 Å². The minimum absolute atomic E-state index is 0.114. The van der Waals surface area contributed by atoms with Crippen LogP contribution in [-0.2, 0) is 0 Å². The molecule has 1 N–H and O–H groups in total. The third kappa shape index (κ3) is 2.91. The third-order valence-corrected chi connectivity index (χ3v) is 4.33. The minimum Gasteiger partial charge on any atom is -0.298 e. The summed E-state index contributed by atoms with van der Waals surface area (Å²) >= 11 is 3.15. The molecule has 0 bridgehead atoms. The molecular weight excluding hydrogens is 264 g/mol. The Kier molecular flexibility index (Phi) is 4.04. The number of thioether (sulfide) groups is 1. The number of carbonyl (C=O) groups excluding carboxylic acids is 1. The van der Waals surface area contributed by atoms with Crippen LogP contribution in [0.25, 0.3) is 0 Å². The quantitative estimate of drug-likeness (QED) is 0.870. The van der Waals surface area contributed by atoms with E-state index in [1.54, 1.807) is 11.8 Å². The Morgan fingerprint density at radius 2 is 1.94 bits per heavy atom. The van der Waals surface area contributed by atoms with Gasteiger partial charge in [-0.1, -0.05) is 0 Å². The van der Waals surface area contributed by atoms with E-state index in [1.165, 1.54) is 11.3 Å². The summed E-state index contributed by atoms with van der Waals surface area (Å²) < 4.78 is 0. The summed E-state index contributed by atoms with van der Waals surface area (Å²) in [6.45, 7) is 3.94. The minimum atomic E-state index is -0.114. The van der Waals surface area contributed by atoms with Gasteiger partial charge >= 0.3 is 0 Å². The molecule has 2 rings (SSSR count). The second kappa shape index (κ2) is 5.54. The van der Waals surface area contributed by atoms with Crippen molar-refractivity contribution in [3.8, 4) is 0 Å². The first-order valence-electron chi connectivity index (χ1n) is 5.49. The normalized spacial score (nSPS) is 10.4. The van der Waals surface area contributed by atoms with Crippen molar-refractivity contribution in [1.29, 1.82) is 0 Å². The van der Waals surface area contributed by atoms with Gasteiger partial charge in [-0.25, -0.2) is 4.98 Å². The lowest BCUT2D eigenvalue weighted by atomic mass is 10.2. The van der Waals surface area contributed by atoms with Crippen LogP contribution in [-0.4, -0.2) is 17.1 Å². The molecule has 18 heavy (non-hydrogen) atoms. The van der Waals surface area contributed by atoms with Crippen molar-refractivity contribution in [3.05, 3.63) is 40.4 Å². The van der Waals surface area contributed by atoms with Crippen molar-refractivity contribution in [3.63, 3.8) is 0 Å². The highest BCUT2D eigenvalue weighted by Gasteiger charge is 2.09. The Bertz CT molecular complexity index is 541. The van der Waals surface area contributed by atoms with Gasteiger partial charge in [0, 0.05) is 15.3 Å². The molecule has 0 saturated heterocycles. The SMILES string of the molecule is CSc1ccc(C(=O)Nc2nc(C)c(C)s2)cc1. The summed E-state index contributed by atoms with van der Waals surface area (Å²) in [4.78, 5) is 18.5. The smallest absolute Gasteiger partial charge is 0.257 e. The zero-order chi connectivity index (χ0) is 13.1. The van der Waals surface area contributed by atoms with Gasteiger partial charge in [-0.15, -0.1) is 23.1 Å². The van der Waals surface area contributed by atoms with Gasteiger partial charge in [0.2, 0.25) is 0 Å². The molecule has 94 valence electrons. The van der Waals surface area contributed by atoms with Crippen molar-refractivity contribution >= 4 is 34.1 Å². The molecule has 0 aliphatic carbocycles. The molecule has 0 spiro atoms. The van der Waals surface area contributed by atoms with E-state index < -0.39 is 0 Å². The van der Waals surface area contributed by atoms with E-state index in [0.717, 1.165) is 15.5 Å². The Labute approximate surface area is 115 Å². The molecule has 0 fully saturated rings. The number of benzene rings is 1. The maximum atomic E-state index is 12.0. The molecular formula is C13H14N2OS2. The van der Waals surface area contributed by atoms with Crippen molar-refractivity contribution in [1.82, 2.24) is 4.98 Å². The number of hydrogen-bond donors (Lipinski definition) is 1. The second-order valence-electron chi connectivity index (χ2n) is 3.84. The number of carbonyl (C=O) groups is 1. The first-order valence-corrected chi connectivity index (χ1v) is 7.53. The number of aryl methyl sites for hydroxylation is 2. The molecule has 1 aromatic heterocycles. The monoisotopic (exact) mass is 278 g/mol. The lowest BCUT2D eigenvalue weighted by Crippen LogP contribution is -2.11. The first-order chi connectivity index (χ1) is 8.60. The average molecular weight is 278 g/mol. The molecule has 0 atom stereocenters. The third-order valence-electron chi connectivity index (χ3n) is 2.60. The van der Waals surface area contributed by atoms with Gasteiger partial charge in [-0.2, -0.15) is 0 Å². The van der Waals surface area contributed by atoms with E-state index in [9.17, 15) is 4.79 Å². The maximum absolute atomic E-state index is 12.0. The molecule has 0 saturated carbocycles.